The van der Waals surface area contributed by atoms with E-state index < -0.39 is 11.7 Å². The average Bonchev–Trinajstić information content (AvgIpc) is 2.72. The molecule has 1 atom stereocenters. The number of para-hydroxylation sites is 1. The zero-order valence-electron chi connectivity index (χ0n) is 19.0. The van der Waals surface area contributed by atoms with Crippen LogP contribution in [0.15, 0.2) is 54.7 Å². The number of hydrogen-bond acceptors (Lipinski definition) is 4. The van der Waals surface area contributed by atoms with Crippen LogP contribution in [0.4, 0.5) is 36.3 Å². The molecule has 170 valence electrons. The van der Waals surface area contributed by atoms with Crippen LogP contribution in [0.2, 0.25) is 0 Å². The highest BCUT2D eigenvalue weighted by atomic mass is 19.4. The second-order valence-electron chi connectivity index (χ2n) is 8.93. The van der Waals surface area contributed by atoms with E-state index in [1.807, 2.05) is 50.2 Å². The van der Waals surface area contributed by atoms with Crippen LogP contribution in [-0.4, -0.2) is 9.97 Å². The Morgan fingerprint density at radius 3 is 2.19 bits per heavy atom. The molecule has 0 radical (unpaired) electrons. The van der Waals surface area contributed by atoms with Crippen molar-refractivity contribution < 1.29 is 13.2 Å². The van der Waals surface area contributed by atoms with Gasteiger partial charge in [-0.15, -0.1) is 0 Å². The lowest BCUT2D eigenvalue weighted by Gasteiger charge is -2.20. The van der Waals surface area contributed by atoms with Crippen molar-refractivity contribution in [3.05, 3.63) is 71.4 Å². The van der Waals surface area contributed by atoms with Gasteiger partial charge in [0.25, 0.3) is 0 Å². The number of hydrogen-bond donors (Lipinski definition) is 2. The summed E-state index contributed by atoms with van der Waals surface area (Å²) in [5.74, 6) is -0.00380. The van der Waals surface area contributed by atoms with Gasteiger partial charge in [-0.2, -0.15) is 18.2 Å². The van der Waals surface area contributed by atoms with Crippen molar-refractivity contribution >= 4 is 23.1 Å². The molecular weight excluding hydrogens is 413 g/mol. The molecule has 0 bridgehead atoms. The van der Waals surface area contributed by atoms with E-state index in [-0.39, 0.29) is 23.1 Å². The lowest BCUT2D eigenvalue weighted by molar-refractivity contribution is -0.137. The maximum Gasteiger partial charge on any atom is 0.421 e. The number of aromatic nitrogens is 2. The van der Waals surface area contributed by atoms with Crippen molar-refractivity contribution in [1.82, 2.24) is 9.97 Å². The van der Waals surface area contributed by atoms with Crippen LogP contribution in [0.1, 0.15) is 63.6 Å². The van der Waals surface area contributed by atoms with Crippen molar-refractivity contribution in [1.29, 1.82) is 0 Å². The molecule has 0 fully saturated rings. The fraction of sp³-hybridized carbons (Fsp3) is 0.360. The fourth-order valence-corrected chi connectivity index (χ4v) is 3.32. The predicted octanol–water partition coefficient (Wildman–Crippen LogP) is 7.79. The Balaban J connectivity index is 1.95. The molecule has 1 unspecified atom stereocenters. The van der Waals surface area contributed by atoms with Crippen LogP contribution in [0, 0.1) is 0 Å². The molecular formula is C25H29F3N4. The van der Waals surface area contributed by atoms with E-state index >= 15 is 0 Å². The van der Waals surface area contributed by atoms with Crippen molar-refractivity contribution in [3.63, 3.8) is 0 Å². The van der Waals surface area contributed by atoms with E-state index in [1.165, 1.54) is 0 Å². The third-order valence-electron chi connectivity index (χ3n) is 5.46. The second kappa shape index (κ2) is 9.18. The molecule has 0 spiro atoms. The Bertz CT molecular complexity index is 1050. The van der Waals surface area contributed by atoms with Crippen LogP contribution >= 0.6 is 0 Å². The first-order valence-corrected chi connectivity index (χ1v) is 10.7. The van der Waals surface area contributed by atoms with Crippen LogP contribution in [0.3, 0.4) is 0 Å². The van der Waals surface area contributed by atoms with E-state index in [0.29, 0.717) is 11.4 Å². The summed E-state index contributed by atoms with van der Waals surface area (Å²) in [6.07, 6.45) is -2.90. The van der Waals surface area contributed by atoms with Crippen molar-refractivity contribution in [2.24, 2.45) is 0 Å². The Morgan fingerprint density at radius 2 is 1.59 bits per heavy atom. The minimum atomic E-state index is -4.58. The van der Waals surface area contributed by atoms with Gasteiger partial charge in [-0.3, -0.25) is 0 Å². The average molecular weight is 443 g/mol. The van der Waals surface area contributed by atoms with E-state index in [0.717, 1.165) is 23.7 Å². The highest BCUT2D eigenvalue weighted by Gasteiger charge is 2.35. The molecule has 1 heterocycles. The molecule has 0 saturated carbocycles. The smallest absolute Gasteiger partial charge is 0.339 e. The van der Waals surface area contributed by atoms with Crippen molar-refractivity contribution in [2.45, 2.75) is 58.5 Å². The Kier molecular flexibility index (Phi) is 6.77. The number of anilines is 4. The van der Waals surface area contributed by atoms with Crippen molar-refractivity contribution in [3.8, 4) is 0 Å². The summed E-state index contributed by atoms with van der Waals surface area (Å²) in [6, 6.07) is 15.1. The van der Waals surface area contributed by atoms with Crippen molar-refractivity contribution in [2.75, 3.05) is 10.6 Å². The summed E-state index contributed by atoms with van der Waals surface area (Å²) in [6.45, 7) is 10.4. The quantitative estimate of drug-likeness (QED) is 0.409. The van der Waals surface area contributed by atoms with Gasteiger partial charge in [-0.1, -0.05) is 65.0 Å². The monoisotopic (exact) mass is 442 g/mol. The first-order valence-electron chi connectivity index (χ1n) is 10.7. The first-order chi connectivity index (χ1) is 15.0. The number of benzene rings is 2. The molecule has 0 amide bonds. The van der Waals surface area contributed by atoms with Gasteiger partial charge >= 0.3 is 6.18 Å². The topological polar surface area (TPSA) is 49.8 Å². The SMILES string of the molecule is CCC(C)c1ccccc1Nc1nc(Nc2ccc(C(C)(C)C)cc2)ncc1C(F)(F)F. The predicted molar refractivity (Wildman–Crippen MR) is 124 cm³/mol. The maximum atomic E-state index is 13.7. The molecule has 0 saturated heterocycles. The summed E-state index contributed by atoms with van der Waals surface area (Å²) >= 11 is 0. The Labute approximate surface area is 187 Å². The molecule has 3 aromatic rings. The summed E-state index contributed by atoms with van der Waals surface area (Å²) in [5.41, 5.74) is 2.48. The third kappa shape index (κ3) is 5.58. The van der Waals surface area contributed by atoms with Gasteiger partial charge in [-0.05, 0) is 47.1 Å². The highest BCUT2D eigenvalue weighted by Crippen LogP contribution is 2.37. The molecule has 0 aliphatic rings. The largest absolute Gasteiger partial charge is 0.421 e. The zero-order chi connectivity index (χ0) is 23.5. The summed E-state index contributed by atoms with van der Waals surface area (Å²) in [5, 5.41) is 5.91. The molecule has 0 aliphatic carbocycles. The lowest BCUT2D eigenvalue weighted by Crippen LogP contribution is -2.13. The summed E-state index contributed by atoms with van der Waals surface area (Å²) in [4.78, 5) is 8.08. The van der Waals surface area contributed by atoms with Gasteiger partial charge in [0.05, 0.1) is 0 Å². The van der Waals surface area contributed by atoms with Gasteiger partial charge in [0.2, 0.25) is 5.95 Å². The molecule has 0 aliphatic heterocycles. The molecule has 2 aromatic carbocycles. The number of nitrogens with one attached hydrogen (secondary N) is 2. The zero-order valence-corrected chi connectivity index (χ0v) is 19.0. The summed E-state index contributed by atoms with van der Waals surface area (Å²) in [7, 11) is 0. The second-order valence-corrected chi connectivity index (χ2v) is 8.93. The number of nitrogens with zero attached hydrogens (tertiary/aromatic N) is 2. The van der Waals surface area contributed by atoms with E-state index in [4.69, 9.17) is 0 Å². The van der Waals surface area contributed by atoms with Gasteiger partial charge < -0.3 is 10.6 Å². The van der Waals surface area contributed by atoms with Gasteiger partial charge in [0, 0.05) is 17.6 Å². The first kappa shape index (κ1) is 23.6. The van der Waals surface area contributed by atoms with E-state index in [1.54, 1.807) is 12.1 Å². The Hall–Kier alpha value is -3.09. The minimum Gasteiger partial charge on any atom is -0.339 e. The molecule has 3 rings (SSSR count). The maximum absolute atomic E-state index is 13.7. The van der Waals surface area contributed by atoms with E-state index in [2.05, 4.69) is 41.4 Å². The lowest BCUT2D eigenvalue weighted by atomic mass is 9.87. The molecule has 32 heavy (non-hydrogen) atoms. The number of alkyl halides is 3. The normalized spacial score (nSPS) is 13.0. The van der Waals surface area contributed by atoms with Gasteiger partial charge in [-0.25, -0.2) is 4.98 Å². The Morgan fingerprint density at radius 1 is 0.938 bits per heavy atom. The number of rotatable bonds is 6. The highest BCUT2D eigenvalue weighted by molar-refractivity contribution is 5.66. The minimum absolute atomic E-state index is 0.00347. The summed E-state index contributed by atoms with van der Waals surface area (Å²) < 4.78 is 41.0. The number of halogens is 3. The fourth-order valence-electron chi connectivity index (χ4n) is 3.32. The molecule has 7 heteroatoms. The van der Waals surface area contributed by atoms with Crippen LogP contribution in [0.25, 0.3) is 0 Å². The molecule has 1 aromatic heterocycles. The molecule has 4 nitrogen and oxygen atoms in total. The van der Waals surface area contributed by atoms with Crippen LogP contribution < -0.4 is 10.6 Å². The van der Waals surface area contributed by atoms with Crippen LogP contribution in [0.5, 0.6) is 0 Å². The van der Waals surface area contributed by atoms with E-state index in [9.17, 15) is 13.2 Å². The van der Waals surface area contributed by atoms with Gasteiger partial charge in [0.1, 0.15) is 11.4 Å². The third-order valence-corrected chi connectivity index (χ3v) is 5.46. The van der Waals surface area contributed by atoms with Crippen LogP contribution in [-0.2, 0) is 11.6 Å². The van der Waals surface area contributed by atoms with Gasteiger partial charge in [0.15, 0.2) is 0 Å². The standard InChI is InChI=1S/C25H29F3N4/c1-6-16(2)19-9-7-8-10-21(19)31-22-20(25(26,27)28)15-29-23(32-22)30-18-13-11-17(12-14-18)24(3,4)5/h7-16H,6H2,1-5H3,(H2,29,30,31,32). The molecule has 2 N–H and O–H groups in total.